The lowest BCUT2D eigenvalue weighted by Gasteiger charge is -2.20. The molecule has 1 atom stereocenters. The van der Waals surface area contributed by atoms with Crippen molar-refractivity contribution in [3.63, 3.8) is 0 Å². The molecule has 5 heteroatoms. The second kappa shape index (κ2) is 4.72. The Hall–Kier alpha value is -1.65. The van der Waals surface area contributed by atoms with Crippen LogP contribution >= 0.6 is 0 Å². The van der Waals surface area contributed by atoms with Crippen molar-refractivity contribution in [1.82, 2.24) is 9.97 Å². The fourth-order valence-corrected chi connectivity index (χ4v) is 1.24. The molecule has 0 amide bonds. The van der Waals surface area contributed by atoms with Gasteiger partial charge < -0.3 is 10.0 Å². The average Bonchev–Trinajstić information content (AvgIpc) is 2.17. The minimum absolute atomic E-state index is 0.412. The van der Waals surface area contributed by atoms with Gasteiger partial charge in [-0.1, -0.05) is 6.92 Å². The SMILES string of the molecule is Cc1nccc(N(C)CC(C)C(=O)O)n1. The number of aryl methyl sites for hydroxylation is 1. The van der Waals surface area contributed by atoms with E-state index < -0.39 is 11.9 Å². The normalized spacial score (nSPS) is 12.2. The van der Waals surface area contributed by atoms with Crippen molar-refractivity contribution in [1.29, 1.82) is 0 Å². The van der Waals surface area contributed by atoms with Crippen LogP contribution in [0.5, 0.6) is 0 Å². The van der Waals surface area contributed by atoms with E-state index in [0.29, 0.717) is 12.4 Å². The molecular formula is C10H15N3O2. The first kappa shape index (κ1) is 11.4. The fraction of sp³-hybridized carbons (Fsp3) is 0.500. The molecular weight excluding hydrogens is 194 g/mol. The number of anilines is 1. The van der Waals surface area contributed by atoms with E-state index >= 15 is 0 Å². The molecule has 15 heavy (non-hydrogen) atoms. The van der Waals surface area contributed by atoms with E-state index in [-0.39, 0.29) is 0 Å². The second-order valence-corrected chi connectivity index (χ2v) is 3.58. The largest absolute Gasteiger partial charge is 0.481 e. The van der Waals surface area contributed by atoms with Crippen molar-refractivity contribution in [3.05, 3.63) is 18.1 Å². The molecule has 1 aromatic rings. The molecule has 0 aliphatic rings. The third-order valence-electron chi connectivity index (χ3n) is 2.12. The molecule has 1 aromatic heterocycles. The molecule has 0 saturated heterocycles. The second-order valence-electron chi connectivity index (χ2n) is 3.58. The first-order valence-electron chi connectivity index (χ1n) is 4.74. The van der Waals surface area contributed by atoms with E-state index in [0.717, 1.165) is 5.82 Å². The summed E-state index contributed by atoms with van der Waals surface area (Å²) in [6.45, 7) is 3.91. The van der Waals surface area contributed by atoms with Gasteiger partial charge in [0.1, 0.15) is 11.6 Å². The van der Waals surface area contributed by atoms with Gasteiger partial charge in [-0.3, -0.25) is 4.79 Å². The molecule has 0 saturated carbocycles. The Kier molecular flexibility index (Phi) is 3.60. The Morgan fingerprint density at radius 2 is 2.33 bits per heavy atom. The monoisotopic (exact) mass is 209 g/mol. The van der Waals surface area contributed by atoms with E-state index in [1.54, 1.807) is 26.1 Å². The highest BCUT2D eigenvalue weighted by molar-refractivity contribution is 5.70. The molecule has 0 aromatic carbocycles. The summed E-state index contributed by atoms with van der Waals surface area (Å²) in [5, 5.41) is 8.77. The first-order valence-corrected chi connectivity index (χ1v) is 4.74. The number of nitrogens with zero attached hydrogens (tertiary/aromatic N) is 3. The molecule has 1 heterocycles. The van der Waals surface area contributed by atoms with Crippen LogP contribution in [-0.2, 0) is 4.79 Å². The topological polar surface area (TPSA) is 66.3 Å². The minimum Gasteiger partial charge on any atom is -0.481 e. The molecule has 0 aliphatic carbocycles. The third-order valence-corrected chi connectivity index (χ3v) is 2.12. The van der Waals surface area contributed by atoms with E-state index in [1.165, 1.54) is 0 Å². The Morgan fingerprint density at radius 1 is 1.67 bits per heavy atom. The highest BCUT2D eigenvalue weighted by Crippen LogP contribution is 2.09. The van der Waals surface area contributed by atoms with Crippen molar-refractivity contribution in [2.24, 2.45) is 5.92 Å². The number of aromatic nitrogens is 2. The maximum absolute atomic E-state index is 10.7. The summed E-state index contributed by atoms with van der Waals surface area (Å²) in [7, 11) is 1.82. The van der Waals surface area contributed by atoms with Gasteiger partial charge in [-0.2, -0.15) is 0 Å². The van der Waals surface area contributed by atoms with E-state index in [4.69, 9.17) is 5.11 Å². The predicted octanol–water partition coefficient (Wildman–Crippen LogP) is 0.942. The van der Waals surface area contributed by atoms with Crippen molar-refractivity contribution >= 4 is 11.8 Å². The van der Waals surface area contributed by atoms with E-state index in [9.17, 15) is 4.79 Å². The summed E-state index contributed by atoms with van der Waals surface area (Å²) in [5.41, 5.74) is 0. The van der Waals surface area contributed by atoms with Crippen LogP contribution in [0.15, 0.2) is 12.3 Å². The molecule has 5 nitrogen and oxygen atoms in total. The van der Waals surface area contributed by atoms with Crippen molar-refractivity contribution in [3.8, 4) is 0 Å². The zero-order valence-corrected chi connectivity index (χ0v) is 9.14. The summed E-state index contributed by atoms with van der Waals surface area (Å²) in [6, 6.07) is 1.77. The van der Waals surface area contributed by atoms with E-state index in [1.807, 2.05) is 11.9 Å². The number of carboxylic acids is 1. The number of carbonyl (C=O) groups is 1. The maximum Gasteiger partial charge on any atom is 0.308 e. The van der Waals surface area contributed by atoms with Crippen LogP contribution in [-0.4, -0.2) is 34.6 Å². The zero-order chi connectivity index (χ0) is 11.4. The lowest BCUT2D eigenvalue weighted by molar-refractivity contribution is -0.140. The molecule has 82 valence electrons. The van der Waals surface area contributed by atoms with Gasteiger partial charge in [0.2, 0.25) is 0 Å². The molecule has 1 rings (SSSR count). The van der Waals surface area contributed by atoms with Crippen LogP contribution < -0.4 is 4.90 Å². The molecule has 1 N–H and O–H groups in total. The van der Waals surface area contributed by atoms with Crippen molar-refractivity contribution in [2.45, 2.75) is 13.8 Å². The molecule has 0 bridgehead atoms. The number of hydrogen-bond acceptors (Lipinski definition) is 4. The van der Waals surface area contributed by atoms with Gasteiger partial charge in [0.15, 0.2) is 0 Å². The zero-order valence-electron chi connectivity index (χ0n) is 9.14. The number of hydrogen-bond donors (Lipinski definition) is 1. The molecule has 0 aliphatic heterocycles. The number of carboxylic acid groups (broad SMARTS) is 1. The van der Waals surface area contributed by atoms with Gasteiger partial charge in [0.05, 0.1) is 5.92 Å². The quantitative estimate of drug-likeness (QED) is 0.799. The van der Waals surface area contributed by atoms with Crippen LogP contribution in [0.1, 0.15) is 12.7 Å². The fourth-order valence-electron chi connectivity index (χ4n) is 1.24. The summed E-state index contributed by atoms with van der Waals surface area (Å²) in [4.78, 5) is 20.7. The number of rotatable bonds is 4. The average molecular weight is 209 g/mol. The number of aliphatic carboxylic acids is 1. The Balaban J connectivity index is 2.68. The van der Waals surface area contributed by atoms with Gasteiger partial charge in [-0.15, -0.1) is 0 Å². The van der Waals surface area contributed by atoms with Crippen molar-refractivity contribution in [2.75, 3.05) is 18.5 Å². The standard InChI is InChI=1S/C10H15N3O2/c1-7(10(14)15)6-13(3)9-4-5-11-8(2)12-9/h4-5,7H,6H2,1-3H3,(H,14,15). The highest BCUT2D eigenvalue weighted by atomic mass is 16.4. The summed E-state index contributed by atoms with van der Waals surface area (Å²) < 4.78 is 0. The summed E-state index contributed by atoms with van der Waals surface area (Å²) in [5.74, 6) is 0.218. The third kappa shape index (κ3) is 3.19. The van der Waals surface area contributed by atoms with Crippen molar-refractivity contribution < 1.29 is 9.90 Å². The van der Waals surface area contributed by atoms with Crippen LogP contribution in [0, 0.1) is 12.8 Å². The van der Waals surface area contributed by atoms with Gasteiger partial charge in [-0.05, 0) is 13.0 Å². The Labute approximate surface area is 88.8 Å². The molecule has 0 radical (unpaired) electrons. The van der Waals surface area contributed by atoms with Crippen LogP contribution in [0.3, 0.4) is 0 Å². The maximum atomic E-state index is 10.7. The Morgan fingerprint density at radius 3 is 2.87 bits per heavy atom. The first-order chi connectivity index (χ1) is 7.00. The highest BCUT2D eigenvalue weighted by Gasteiger charge is 2.14. The van der Waals surface area contributed by atoms with Crippen LogP contribution in [0.2, 0.25) is 0 Å². The molecule has 0 spiro atoms. The Bertz CT molecular complexity index is 354. The smallest absolute Gasteiger partial charge is 0.308 e. The van der Waals surface area contributed by atoms with Gasteiger partial charge in [0.25, 0.3) is 0 Å². The van der Waals surface area contributed by atoms with Crippen LogP contribution in [0.4, 0.5) is 5.82 Å². The molecule has 1 unspecified atom stereocenters. The van der Waals surface area contributed by atoms with Gasteiger partial charge in [-0.25, -0.2) is 9.97 Å². The summed E-state index contributed by atoms with van der Waals surface area (Å²) >= 11 is 0. The van der Waals surface area contributed by atoms with Gasteiger partial charge >= 0.3 is 5.97 Å². The minimum atomic E-state index is -0.798. The molecule has 0 fully saturated rings. The lowest BCUT2D eigenvalue weighted by atomic mass is 10.2. The van der Waals surface area contributed by atoms with Gasteiger partial charge in [0, 0.05) is 19.8 Å². The van der Waals surface area contributed by atoms with Crippen LogP contribution in [0.25, 0.3) is 0 Å². The lowest BCUT2D eigenvalue weighted by Crippen LogP contribution is -2.29. The van der Waals surface area contributed by atoms with E-state index in [2.05, 4.69) is 9.97 Å². The predicted molar refractivity (Wildman–Crippen MR) is 56.8 cm³/mol. The summed E-state index contributed by atoms with van der Waals surface area (Å²) in [6.07, 6.45) is 1.67.